The Labute approximate surface area is 54.4 Å². The molecule has 1 heterocycles. The Morgan fingerprint density at radius 1 is 1.44 bits per heavy atom. The standard InChI is InChI=1S/C4H3F3NS/c5-4(6,7)3-1-2-8-9-3/h1-2,8H. The second-order valence-corrected chi connectivity index (χ2v) is 2.29. The van der Waals surface area contributed by atoms with E-state index in [2.05, 4.69) is 4.72 Å². The number of nitrogens with one attached hydrogen (secondary N) is 1. The summed E-state index contributed by atoms with van der Waals surface area (Å²) in [6.07, 6.45) is -3.19. The van der Waals surface area contributed by atoms with Crippen LogP contribution in [0.1, 0.15) is 0 Å². The Kier molecular flexibility index (Phi) is 1.72. The van der Waals surface area contributed by atoms with Gasteiger partial charge in [-0.2, -0.15) is 13.2 Å². The van der Waals surface area contributed by atoms with E-state index in [4.69, 9.17) is 0 Å². The van der Waals surface area contributed by atoms with Gasteiger partial charge in [0.1, 0.15) is 4.91 Å². The molecule has 0 bridgehead atoms. The zero-order valence-electron chi connectivity index (χ0n) is 4.20. The molecular formula is C4H3F3NS. The Morgan fingerprint density at radius 3 is 2.33 bits per heavy atom. The van der Waals surface area contributed by atoms with E-state index in [0.29, 0.717) is 11.9 Å². The molecule has 0 fully saturated rings. The van der Waals surface area contributed by atoms with Crippen LogP contribution in [0.2, 0.25) is 0 Å². The maximum absolute atomic E-state index is 11.6. The number of halogens is 3. The molecule has 0 atom stereocenters. The van der Waals surface area contributed by atoms with E-state index in [0.717, 1.165) is 6.08 Å². The van der Waals surface area contributed by atoms with E-state index in [-0.39, 0.29) is 0 Å². The van der Waals surface area contributed by atoms with Crippen LogP contribution in [0.15, 0.2) is 11.0 Å². The van der Waals surface area contributed by atoms with Crippen LogP contribution in [-0.4, -0.2) is 6.18 Å². The van der Waals surface area contributed by atoms with Crippen LogP contribution in [0.4, 0.5) is 13.2 Å². The van der Waals surface area contributed by atoms with Crippen molar-refractivity contribution in [2.75, 3.05) is 0 Å². The molecular weight excluding hydrogens is 151 g/mol. The highest BCUT2D eigenvalue weighted by molar-refractivity contribution is 8.01. The van der Waals surface area contributed by atoms with E-state index < -0.39 is 11.1 Å². The molecule has 1 aliphatic heterocycles. The van der Waals surface area contributed by atoms with E-state index in [1.54, 1.807) is 0 Å². The van der Waals surface area contributed by atoms with Gasteiger partial charge in [-0.05, 0) is 18.0 Å². The molecule has 1 aliphatic rings. The highest BCUT2D eigenvalue weighted by Gasteiger charge is 2.35. The predicted molar refractivity (Wildman–Crippen MR) is 29.2 cm³/mol. The molecule has 0 spiro atoms. The van der Waals surface area contributed by atoms with Gasteiger partial charge in [0.2, 0.25) is 0 Å². The summed E-state index contributed by atoms with van der Waals surface area (Å²) in [6.45, 7) is 1.26. The van der Waals surface area contributed by atoms with Crippen molar-refractivity contribution < 1.29 is 13.2 Å². The molecule has 1 rings (SSSR count). The van der Waals surface area contributed by atoms with Gasteiger partial charge in [-0.3, -0.25) is 4.72 Å². The first kappa shape index (κ1) is 6.95. The third-order valence-electron chi connectivity index (χ3n) is 0.751. The van der Waals surface area contributed by atoms with Crippen molar-refractivity contribution in [3.8, 4) is 0 Å². The molecule has 0 aromatic rings. The summed E-state index contributed by atoms with van der Waals surface area (Å²) in [7, 11) is 0. The van der Waals surface area contributed by atoms with Gasteiger partial charge in [-0.15, -0.1) is 0 Å². The maximum Gasteiger partial charge on any atom is 0.423 e. The first-order chi connectivity index (χ1) is 4.11. The van der Waals surface area contributed by atoms with Crippen molar-refractivity contribution in [2.45, 2.75) is 6.18 Å². The summed E-state index contributed by atoms with van der Waals surface area (Å²) in [6, 6.07) is 0. The van der Waals surface area contributed by atoms with Crippen LogP contribution in [-0.2, 0) is 0 Å². The smallest absolute Gasteiger partial charge is 0.251 e. The number of hydrogen-bond donors (Lipinski definition) is 1. The van der Waals surface area contributed by atoms with Crippen molar-refractivity contribution in [1.29, 1.82) is 0 Å². The van der Waals surface area contributed by atoms with E-state index in [9.17, 15) is 13.2 Å². The summed E-state index contributed by atoms with van der Waals surface area (Å²) >= 11 is 0.580. The first-order valence-electron chi connectivity index (χ1n) is 2.14. The number of alkyl halides is 3. The Bertz CT molecular complexity index is 139. The minimum Gasteiger partial charge on any atom is -0.251 e. The average molecular weight is 154 g/mol. The zero-order chi connectivity index (χ0) is 6.91. The number of allylic oxidation sites excluding steroid dienone is 1. The van der Waals surface area contributed by atoms with Crippen molar-refractivity contribution in [3.05, 3.63) is 17.5 Å². The lowest BCUT2D eigenvalue weighted by Crippen LogP contribution is -2.07. The molecule has 0 aromatic heterocycles. The van der Waals surface area contributed by atoms with E-state index in [1.165, 1.54) is 6.54 Å². The van der Waals surface area contributed by atoms with Gasteiger partial charge in [0.05, 0.1) is 6.54 Å². The molecule has 9 heavy (non-hydrogen) atoms. The molecule has 1 radical (unpaired) electrons. The minimum atomic E-state index is -4.19. The largest absolute Gasteiger partial charge is 0.423 e. The lowest BCUT2D eigenvalue weighted by Gasteiger charge is -2.03. The minimum absolute atomic E-state index is 0.580. The van der Waals surface area contributed by atoms with Gasteiger partial charge in [0, 0.05) is 0 Å². The van der Waals surface area contributed by atoms with Crippen LogP contribution in [0, 0.1) is 6.54 Å². The second kappa shape index (κ2) is 2.22. The Hall–Kier alpha value is -0.160. The van der Waals surface area contributed by atoms with Gasteiger partial charge in [-0.1, -0.05) is 0 Å². The highest BCUT2D eigenvalue weighted by Crippen LogP contribution is 2.35. The molecule has 0 saturated carbocycles. The zero-order valence-corrected chi connectivity index (χ0v) is 5.01. The van der Waals surface area contributed by atoms with E-state index in [1.807, 2.05) is 0 Å². The molecule has 51 valence electrons. The summed E-state index contributed by atoms with van der Waals surface area (Å²) in [4.78, 5) is -0.595. The van der Waals surface area contributed by atoms with Crippen LogP contribution >= 0.6 is 11.9 Å². The van der Waals surface area contributed by atoms with Crippen molar-refractivity contribution in [1.82, 2.24) is 4.72 Å². The normalized spacial score (nSPS) is 20.1. The van der Waals surface area contributed by atoms with Gasteiger partial charge in [0.25, 0.3) is 0 Å². The number of rotatable bonds is 0. The highest BCUT2D eigenvalue weighted by atomic mass is 32.2. The van der Waals surface area contributed by atoms with Gasteiger partial charge >= 0.3 is 6.18 Å². The first-order valence-corrected chi connectivity index (χ1v) is 2.95. The Morgan fingerprint density at radius 2 is 2.11 bits per heavy atom. The predicted octanol–water partition coefficient (Wildman–Crippen LogP) is 1.85. The third-order valence-corrected chi connectivity index (χ3v) is 1.59. The van der Waals surface area contributed by atoms with Crippen molar-refractivity contribution >= 4 is 11.9 Å². The van der Waals surface area contributed by atoms with Crippen LogP contribution in [0.5, 0.6) is 0 Å². The third kappa shape index (κ3) is 1.62. The molecule has 0 amide bonds. The second-order valence-electron chi connectivity index (χ2n) is 1.42. The fraction of sp³-hybridized carbons (Fsp3) is 0.250. The Balaban J connectivity index is 2.61. The maximum atomic E-state index is 11.6. The average Bonchev–Trinajstić information content (AvgIpc) is 2.08. The van der Waals surface area contributed by atoms with Gasteiger partial charge in [0.15, 0.2) is 0 Å². The number of hydrogen-bond acceptors (Lipinski definition) is 2. The summed E-state index contributed by atoms with van der Waals surface area (Å²) in [5.74, 6) is 0. The molecule has 0 saturated heterocycles. The quantitative estimate of drug-likeness (QED) is 0.534. The molecule has 1 N–H and O–H groups in total. The van der Waals surface area contributed by atoms with Gasteiger partial charge in [-0.25, -0.2) is 0 Å². The SMILES string of the molecule is FC(F)(F)C1=C[CH]NS1. The monoisotopic (exact) mass is 154 g/mol. The molecule has 0 aliphatic carbocycles. The van der Waals surface area contributed by atoms with Crippen LogP contribution < -0.4 is 4.72 Å². The topological polar surface area (TPSA) is 12.0 Å². The fourth-order valence-corrected chi connectivity index (χ4v) is 0.908. The van der Waals surface area contributed by atoms with Crippen molar-refractivity contribution in [2.24, 2.45) is 0 Å². The summed E-state index contributed by atoms with van der Waals surface area (Å²) in [5, 5.41) is 0. The lowest BCUT2D eigenvalue weighted by molar-refractivity contribution is -0.0834. The molecule has 0 aromatic carbocycles. The molecule has 1 nitrogen and oxygen atoms in total. The van der Waals surface area contributed by atoms with Gasteiger partial charge < -0.3 is 0 Å². The fourth-order valence-electron chi connectivity index (χ4n) is 0.394. The van der Waals surface area contributed by atoms with Crippen molar-refractivity contribution in [3.63, 3.8) is 0 Å². The summed E-state index contributed by atoms with van der Waals surface area (Å²) < 4.78 is 37.2. The van der Waals surface area contributed by atoms with Crippen LogP contribution in [0.25, 0.3) is 0 Å². The molecule has 0 unspecified atom stereocenters. The lowest BCUT2D eigenvalue weighted by atomic mass is 10.5. The summed E-state index contributed by atoms with van der Waals surface area (Å²) in [5.41, 5.74) is 0. The van der Waals surface area contributed by atoms with E-state index >= 15 is 0 Å². The molecule has 5 heteroatoms. The van der Waals surface area contributed by atoms with Crippen LogP contribution in [0.3, 0.4) is 0 Å².